The van der Waals surface area contributed by atoms with E-state index in [4.69, 9.17) is 14.2 Å². The number of amides is 2. The molecule has 7 heteroatoms. The second-order valence-corrected chi connectivity index (χ2v) is 6.57. The van der Waals surface area contributed by atoms with Gasteiger partial charge in [0.05, 0.1) is 23.9 Å². The highest BCUT2D eigenvalue weighted by Crippen LogP contribution is 2.32. The van der Waals surface area contributed by atoms with Gasteiger partial charge in [0.2, 0.25) is 6.79 Å². The van der Waals surface area contributed by atoms with Gasteiger partial charge in [0.1, 0.15) is 5.75 Å². The van der Waals surface area contributed by atoms with Crippen LogP contribution in [0.5, 0.6) is 17.2 Å². The fraction of sp³-hybridized carbons (Fsp3) is 0.130. The highest BCUT2D eigenvalue weighted by Gasteiger charge is 2.17. The minimum absolute atomic E-state index is 0.199. The van der Waals surface area contributed by atoms with E-state index in [2.05, 4.69) is 10.6 Å². The summed E-state index contributed by atoms with van der Waals surface area (Å²) < 4.78 is 15.9. The molecular formula is C23H20N2O5. The number of methoxy groups -OCH3 is 1. The van der Waals surface area contributed by atoms with Gasteiger partial charge in [-0.25, -0.2) is 0 Å². The third-order valence-corrected chi connectivity index (χ3v) is 4.66. The predicted octanol–water partition coefficient (Wildman–Crippen LogP) is 3.61. The van der Waals surface area contributed by atoms with Crippen LogP contribution in [0, 0.1) is 0 Å². The molecule has 0 aromatic heterocycles. The molecule has 1 heterocycles. The summed E-state index contributed by atoms with van der Waals surface area (Å²) in [6.07, 6.45) is 0. The second kappa shape index (κ2) is 8.57. The van der Waals surface area contributed by atoms with Crippen LogP contribution in [0.2, 0.25) is 0 Å². The number of ether oxygens (including phenoxy) is 3. The van der Waals surface area contributed by atoms with Gasteiger partial charge < -0.3 is 24.8 Å². The molecule has 0 saturated heterocycles. The maximum Gasteiger partial charge on any atom is 0.259 e. The Bertz CT molecular complexity index is 1100. The maximum atomic E-state index is 12.8. The molecule has 4 rings (SSSR count). The zero-order valence-corrected chi connectivity index (χ0v) is 16.3. The van der Waals surface area contributed by atoms with Crippen LogP contribution in [0.4, 0.5) is 5.69 Å². The summed E-state index contributed by atoms with van der Waals surface area (Å²) in [6, 6.07) is 19.3. The minimum Gasteiger partial charge on any atom is -0.496 e. The average Bonchev–Trinajstić information content (AvgIpc) is 3.25. The Balaban J connectivity index is 1.47. The quantitative estimate of drug-likeness (QED) is 0.656. The van der Waals surface area contributed by atoms with Crippen LogP contribution >= 0.6 is 0 Å². The first-order chi connectivity index (χ1) is 14.7. The topological polar surface area (TPSA) is 85.9 Å². The van der Waals surface area contributed by atoms with E-state index >= 15 is 0 Å². The van der Waals surface area contributed by atoms with E-state index in [-0.39, 0.29) is 18.6 Å². The number of hydrogen-bond donors (Lipinski definition) is 2. The van der Waals surface area contributed by atoms with Crippen molar-refractivity contribution in [3.63, 3.8) is 0 Å². The molecule has 0 unspecified atom stereocenters. The molecule has 3 aromatic carbocycles. The molecule has 1 aliphatic rings. The van der Waals surface area contributed by atoms with Gasteiger partial charge in [-0.2, -0.15) is 0 Å². The van der Waals surface area contributed by atoms with Crippen LogP contribution in [-0.2, 0) is 6.54 Å². The lowest BCUT2D eigenvalue weighted by molar-refractivity contribution is 0.0951. The minimum atomic E-state index is -0.358. The number of fused-ring (bicyclic) bond motifs is 1. The van der Waals surface area contributed by atoms with Gasteiger partial charge in [-0.1, -0.05) is 30.3 Å². The van der Waals surface area contributed by atoms with E-state index < -0.39 is 0 Å². The maximum absolute atomic E-state index is 12.8. The fourth-order valence-electron chi connectivity index (χ4n) is 3.14. The number of carbonyl (C=O) groups is 2. The number of rotatable bonds is 6. The summed E-state index contributed by atoms with van der Waals surface area (Å²) in [5, 5.41) is 5.67. The van der Waals surface area contributed by atoms with Crippen LogP contribution in [0.15, 0.2) is 66.7 Å². The molecule has 7 nitrogen and oxygen atoms in total. The first-order valence-electron chi connectivity index (χ1n) is 9.36. The molecule has 3 aromatic rings. The summed E-state index contributed by atoms with van der Waals surface area (Å²) >= 11 is 0. The Labute approximate surface area is 173 Å². The summed E-state index contributed by atoms with van der Waals surface area (Å²) in [6.45, 7) is 0.509. The highest BCUT2D eigenvalue weighted by molar-refractivity contribution is 6.10. The molecule has 152 valence electrons. The van der Waals surface area contributed by atoms with E-state index in [1.165, 1.54) is 7.11 Å². The third-order valence-electron chi connectivity index (χ3n) is 4.66. The number of para-hydroxylation sites is 2. The summed E-state index contributed by atoms with van der Waals surface area (Å²) in [4.78, 5) is 25.5. The molecule has 0 spiro atoms. The van der Waals surface area contributed by atoms with Crippen molar-refractivity contribution in [2.75, 3.05) is 19.2 Å². The third kappa shape index (κ3) is 4.05. The monoisotopic (exact) mass is 404 g/mol. The van der Waals surface area contributed by atoms with Crippen molar-refractivity contribution in [1.29, 1.82) is 0 Å². The molecule has 0 radical (unpaired) electrons. The van der Waals surface area contributed by atoms with Gasteiger partial charge >= 0.3 is 0 Å². The van der Waals surface area contributed by atoms with E-state index in [1.807, 2.05) is 18.2 Å². The van der Waals surface area contributed by atoms with Crippen molar-refractivity contribution >= 4 is 17.5 Å². The normalized spacial score (nSPS) is 11.6. The van der Waals surface area contributed by atoms with E-state index in [0.717, 1.165) is 5.56 Å². The lowest BCUT2D eigenvalue weighted by atomic mass is 10.1. The number of carbonyl (C=O) groups excluding carboxylic acids is 2. The van der Waals surface area contributed by atoms with Gasteiger partial charge in [0, 0.05) is 6.54 Å². The number of benzene rings is 3. The van der Waals surface area contributed by atoms with Gasteiger partial charge in [0.15, 0.2) is 11.5 Å². The number of anilines is 1. The lowest BCUT2D eigenvalue weighted by Gasteiger charge is -2.13. The predicted molar refractivity (Wildman–Crippen MR) is 111 cm³/mol. The second-order valence-electron chi connectivity index (χ2n) is 6.57. The highest BCUT2D eigenvalue weighted by atomic mass is 16.7. The fourth-order valence-corrected chi connectivity index (χ4v) is 3.14. The Morgan fingerprint density at radius 2 is 1.63 bits per heavy atom. The molecule has 2 amide bonds. The molecular weight excluding hydrogens is 384 g/mol. The van der Waals surface area contributed by atoms with Gasteiger partial charge in [-0.05, 0) is 42.0 Å². The molecule has 2 N–H and O–H groups in total. The first kappa shape index (κ1) is 19.3. The molecule has 0 saturated carbocycles. The largest absolute Gasteiger partial charge is 0.496 e. The zero-order chi connectivity index (χ0) is 20.9. The van der Waals surface area contributed by atoms with Crippen molar-refractivity contribution in [3.8, 4) is 17.2 Å². The Morgan fingerprint density at radius 1 is 0.900 bits per heavy atom. The van der Waals surface area contributed by atoms with Crippen LogP contribution in [-0.4, -0.2) is 25.7 Å². The van der Waals surface area contributed by atoms with Crippen molar-refractivity contribution < 1.29 is 23.8 Å². The lowest BCUT2D eigenvalue weighted by Crippen LogP contribution is -2.25. The van der Waals surface area contributed by atoms with Crippen molar-refractivity contribution in [2.45, 2.75) is 6.54 Å². The summed E-state index contributed by atoms with van der Waals surface area (Å²) in [5.74, 6) is 1.15. The molecule has 0 aliphatic carbocycles. The van der Waals surface area contributed by atoms with Gasteiger partial charge in [0.25, 0.3) is 11.8 Å². The van der Waals surface area contributed by atoms with Crippen LogP contribution < -0.4 is 24.8 Å². The Kier molecular flexibility index (Phi) is 5.52. The van der Waals surface area contributed by atoms with E-state index in [9.17, 15) is 9.59 Å². The van der Waals surface area contributed by atoms with Gasteiger partial charge in [-0.15, -0.1) is 0 Å². The first-order valence-corrected chi connectivity index (χ1v) is 9.36. The zero-order valence-electron chi connectivity index (χ0n) is 16.3. The van der Waals surface area contributed by atoms with Gasteiger partial charge in [-0.3, -0.25) is 9.59 Å². The van der Waals surface area contributed by atoms with Crippen LogP contribution in [0.3, 0.4) is 0 Å². The van der Waals surface area contributed by atoms with E-state index in [0.29, 0.717) is 40.6 Å². The molecule has 30 heavy (non-hydrogen) atoms. The van der Waals surface area contributed by atoms with E-state index in [1.54, 1.807) is 48.5 Å². The number of nitrogens with one attached hydrogen (secondary N) is 2. The van der Waals surface area contributed by atoms with Crippen molar-refractivity contribution in [1.82, 2.24) is 5.32 Å². The average molecular weight is 404 g/mol. The molecule has 0 fully saturated rings. The SMILES string of the molecule is COc1ccccc1C(=O)Nc1ccccc1C(=O)NCc1ccc2c(c1)OCO2. The smallest absolute Gasteiger partial charge is 0.259 e. The molecule has 0 atom stereocenters. The van der Waals surface area contributed by atoms with Crippen molar-refractivity contribution in [2.24, 2.45) is 0 Å². The van der Waals surface area contributed by atoms with Crippen LogP contribution in [0.1, 0.15) is 26.3 Å². The van der Waals surface area contributed by atoms with Crippen molar-refractivity contribution in [3.05, 3.63) is 83.4 Å². The molecule has 1 aliphatic heterocycles. The summed E-state index contributed by atoms with van der Waals surface area (Å²) in [5.41, 5.74) is 2.04. The standard InChI is InChI=1S/C23H20N2O5/c1-28-19-9-5-3-7-17(19)23(27)25-18-8-4-2-6-16(18)22(26)24-13-15-10-11-20-21(12-15)30-14-29-20/h2-12H,13-14H2,1H3,(H,24,26)(H,25,27). The Morgan fingerprint density at radius 3 is 2.47 bits per heavy atom. The summed E-state index contributed by atoms with van der Waals surface area (Å²) in [7, 11) is 1.50. The van der Waals surface area contributed by atoms with Crippen LogP contribution in [0.25, 0.3) is 0 Å². The number of hydrogen-bond acceptors (Lipinski definition) is 5. The Hall–Kier alpha value is -4.00. The molecule has 0 bridgehead atoms.